The van der Waals surface area contributed by atoms with Crippen molar-refractivity contribution in [2.75, 3.05) is 0 Å². The number of fused-ring (bicyclic) bond motifs is 2. The van der Waals surface area contributed by atoms with Gasteiger partial charge in [-0.3, -0.25) is 4.79 Å². The van der Waals surface area contributed by atoms with Gasteiger partial charge in [0, 0.05) is 35.7 Å². The van der Waals surface area contributed by atoms with E-state index in [-0.39, 0.29) is 28.0 Å². The second kappa shape index (κ2) is 8.18. The van der Waals surface area contributed by atoms with Crippen molar-refractivity contribution in [2.24, 2.45) is 17.9 Å². The maximum absolute atomic E-state index is 15.3. The van der Waals surface area contributed by atoms with Gasteiger partial charge in [-0.15, -0.1) is 10.2 Å². The van der Waals surface area contributed by atoms with Crippen LogP contribution in [0.25, 0.3) is 22.5 Å². The number of halogens is 1. The Labute approximate surface area is 197 Å². The molecule has 0 saturated heterocycles. The lowest BCUT2D eigenvalue weighted by atomic mass is 9.55. The van der Waals surface area contributed by atoms with Crippen LogP contribution in [-0.4, -0.2) is 37.1 Å². The van der Waals surface area contributed by atoms with Gasteiger partial charge in [0.05, 0.1) is 17.7 Å². The Bertz CT molecular complexity index is 1280. The van der Waals surface area contributed by atoms with Crippen LogP contribution in [-0.2, 0) is 7.05 Å². The van der Waals surface area contributed by atoms with E-state index in [1.54, 1.807) is 37.4 Å². The van der Waals surface area contributed by atoms with Crippen LogP contribution >= 0.6 is 0 Å². The van der Waals surface area contributed by atoms with Crippen LogP contribution < -0.4 is 10.3 Å². The highest BCUT2D eigenvalue weighted by atomic mass is 19.1. The fraction of sp³-hybridized carbons (Fsp3) is 0.462. The highest BCUT2D eigenvalue weighted by Crippen LogP contribution is 2.56. The molecular weight excluding hydrogens is 435 g/mol. The summed E-state index contributed by atoms with van der Waals surface area (Å²) in [6, 6.07) is 9.79. The molecular formula is C26H29FN4O3. The SMILES string of the molecule is Cn1cnc(-c2ccc(-c3ccc(O[C@@H]4C[C@@]5(C)CCC[C@](C)(C5)[C@@H]4F)nn3)c(O)c2)cc1=O. The summed E-state index contributed by atoms with van der Waals surface area (Å²) >= 11 is 0. The van der Waals surface area contributed by atoms with E-state index in [1.165, 1.54) is 17.0 Å². The van der Waals surface area contributed by atoms with Crippen molar-refractivity contribution in [3.05, 3.63) is 53.1 Å². The quantitative estimate of drug-likeness (QED) is 0.603. The van der Waals surface area contributed by atoms with Gasteiger partial charge in [0.15, 0.2) is 0 Å². The van der Waals surface area contributed by atoms with Crippen LogP contribution in [0.2, 0.25) is 0 Å². The van der Waals surface area contributed by atoms with E-state index >= 15 is 4.39 Å². The number of ether oxygens (including phenoxy) is 1. The fourth-order valence-electron chi connectivity index (χ4n) is 5.83. The van der Waals surface area contributed by atoms with Gasteiger partial charge in [-0.25, -0.2) is 9.37 Å². The highest BCUT2D eigenvalue weighted by molar-refractivity contribution is 5.72. The van der Waals surface area contributed by atoms with Crippen molar-refractivity contribution >= 4 is 0 Å². The second-order valence-corrected chi connectivity index (χ2v) is 10.5. The van der Waals surface area contributed by atoms with Gasteiger partial charge in [0.1, 0.15) is 18.0 Å². The van der Waals surface area contributed by atoms with Crippen molar-refractivity contribution in [3.8, 4) is 34.1 Å². The molecule has 2 fully saturated rings. The standard InChI is InChI=1S/C26H29FN4O3/c1-25-9-4-10-26(2,14-25)24(27)21(13-25)34-22-8-7-18(29-30-22)17-6-5-16(11-20(17)32)19-12-23(33)31(3)15-28-19/h5-8,11-12,15,21,24,32H,4,9-10,13-14H2,1-3H3/t21-,24-,25-,26-/m1/s1. The molecule has 34 heavy (non-hydrogen) atoms. The zero-order chi connectivity index (χ0) is 24.1. The molecule has 0 amide bonds. The monoisotopic (exact) mass is 464 g/mol. The molecule has 5 rings (SSSR count). The van der Waals surface area contributed by atoms with Gasteiger partial charge in [0.2, 0.25) is 5.88 Å². The van der Waals surface area contributed by atoms with E-state index in [2.05, 4.69) is 22.1 Å². The summed E-state index contributed by atoms with van der Waals surface area (Å²) in [6.07, 6.45) is 4.48. The Morgan fingerprint density at radius 2 is 1.94 bits per heavy atom. The van der Waals surface area contributed by atoms with Gasteiger partial charge in [-0.05, 0) is 49.3 Å². The number of rotatable bonds is 4. The van der Waals surface area contributed by atoms with E-state index in [0.29, 0.717) is 28.9 Å². The van der Waals surface area contributed by atoms with Crippen molar-refractivity contribution in [1.82, 2.24) is 19.7 Å². The molecule has 2 bridgehead atoms. The average Bonchev–Trinajstić information content (AvgIpc) is 2.79. The number of hydrogen-bond donors (Lipinski definition) is 1. The maximum atomic E-state index is 15.3. The van der Waals surface area contributed by atoms with Crippen LogP contribution in [0, 0.1) is 10.8 Å². The minimum absolute atomic E-state index is 0.00674. The summed E-state index contributed by atoms with van der Waals surface area (Å²) in [5.74, 6) is 0.275. The van der Waals surface area contributed by atoms with Gasteiger partial charge in [0.25, 0.3) is 5.56 Å². The zero-order valence-corrected chi connectivity index (χ0v) is 19.7. The molecule has 8 heteroatoms. The third-order valence-corrected chi connectivity index (χ3v) is 7.50. The highest BCUT2D eigenvalue weighted by Gasteiger charge is 2.54. The molecule has 4 atom stereocenters. The van der Waals surface area contributed by atoms with Crippen molar-refractivity contribution in [3.63, 3.8) is 0 Å². The lowest BCUT2D eigenvalue weighted by Crippen LogP contribution is -2.53. The zero-order valence-electron chi connectivity index (χ0n) is 19.7. The number of phenols is 1. The summed E-state index contributed by atoms with van der Waals surface area (Å²) < 4.78 is 22.7. The van der Waals surface area contributed by atoms with E-state index in [0.717, 1.165) is 25.7 Å². The van der Waals surface area contributed by atoms with Crippen LogP contribution in [0.5, 0.6) is 11.6 Å². The van der Waals surface area contributed by atoms with Crippen molar-refractivity contribution in [2.45, 2.75) is 58.2 Å². The average molecular weight is 465 g/mol. The van der Waals surface area contributed by atoms with Crippen LogP contribution in [0.1, 0.15) is 46.0 Å². The minimum atomic E-state index is -1.04. The third kappa shape index (κ3) is 4.06. The lowest BCUT2D eigenvalue weighted by molar-refractivity contribution is -0.107. The topological polar surface area (TPSA) is 90.1 Å². The Hall–Kier alpha value is -3.29. The fourth-order valence-corrected chi connectivity index (χ4v) is 5.83. The molecule has 0 unspecified atom stereocenters. The molecule has 1 aromatic carbocycles. The number of hydrogen-bond acceptors (Lipinski definition) is 6. The molecule has 0 radical (unpaired) electrons. The number of aryl methyl sites for hydroxylation is 1. The normalized spacial score (nSPS) is 28.5. The number of alkyl halides is 1. The van der Waals surface area contributed by atoms with Crippen molar-refractivity contribution < 1.29 is 14.2 Å². The Kier molecular flexibility index (Phi) is 5.41. The van der Waals surface area contributed by atoms with E-state index in [9.17, 15) is 9.90 Å². The number of nitrogens with zero attached hydrogens (tertiary/aromatic N) is 4. The summed E-state index contributed by atoms with van der Waals surface area (Å²) in [5, 5.41) is 19.0. The lowest BCUT2D eigenvalue weighted by Gasteiger charge is -2.53. The molecule has 2 aliphatic rings. The summed E-state index contributed by atoms with van der Waals surface area (Å²) in [4.78, 5) is 16.1. The molecule has 2 saturated carbocycles. The smallest absolute Gasteiger partial charge is 0.253 e. The van der Waals surface area contributed by atoms with Gasteiger partial charge in [-0.1, -0.05) is 26.3 Å². The molecule has 1 N–H and O–H groups in total. The van der Waals surface area contributed by atoms with Crippen molar-refractivity contribution in [1.29, 1.82) is 0 Å². The molecule has 0 spiro atoms. The second-order valence-electron chi connectivity index (χ2n) is 10.5. The number of aromatic nitrogens is 4. The van der Waals surface area contributed by atoms with E-state index < -0.39 is 12.3 Å². The number of phenolic OH excluding ortho intramolecular Hbond substituents is 1. The van der Waals surface area contributed by atoms with E-state index in [4.69, 9.17) is 4.74 Å². The molecule has 3 aromatic rings. The summed E-state index contributed by atoms with van der Waals surface area (Å²) in [7, 11) is 1.62. The summed E-state index contributed by atoms with van der Waals surface area (Å²) in [6.45, 7) is 4.27. The van der Waals surface area contributed by atoms with Crippen LogP contribution in [0.3, 0.4) is 0 Å². The predicted molar refractivity (Wildman–Crippen MR) is 126 cm³/mol. The molecule has 0 aliphatic heterocycles. The van der Waals surface area contributed by atoms with Crippen LogP contribution in [0.15, 0.2) is 47.5 Å². The van der Waals surface area contributed by atoms with Gasteiger partial charge >= 0.3 is 0 Å². The molecule has 178 valence electrons. The number of aromatic hydroxyl groups is 1. The third-order valence-electron chi connectivity index (χ3n) is 7.50. The Balaban J connectivity index is 1.34. The first-order chi connectivity index (χ1) is 16.2. The predicted octanol–water partition coefficient (Wildman–Crippen LogP) is 4.69. The summed E-state index contributed by atoms with van der Waals surface area (Å²) in [5.41, 5.74) is 1.60. The maximum Gasteiger partial charge on any atom is 0.253 e. The molecule has 7 nitrogen and oxygen atoms in total. The molecule has 2 heterocycles. The first-order valence-electron chi connectivity index (χ1n) is 11.7. The molecule has 2 aliphatic carbocycles. The largest absolute Gasteiger partial charge is 0.507 e. The Morgan fingerprint density at radius 1 is 1.12 bits per heavy atom. The first-order valence-corrected chi connectivity index (χ1v) is 11.7. The van der Waals surface area contributed by atoms with E-state index in [1.807, 2.05) is 6.92 Å². The van der Waals surface area contributed by atoms with Gasteiger partial charge in [-0.2, -0.15) is 0 Å². The molecule has 2 aromatic heterocycles. The van der Waals surface area contributed by atoms with Crippen LogP contribution in [0.4, 0.5) is 4.39 Å². The minimum Gasteiger partial charge on any atom is -0.507 e. The van der Waals surface area contributed by atoms with Gasteiger partial charge < -0.3 is 14.4 Å². The first kappa shape index (κ1) is 22.5. The number of benzene rings is 1. The Morgan fingerprint density at radius 3 is 2.65 bits per heavy atom.